The Hall–Kier alpha value is -2.80. The summed E-state index contributed by atoms with van der Waals surface area (Å²) in [6.45, 7) is 0.500. The van der Waals surface area contributed by atoms with Gasteiger partial charge >= 0.3 is 11.9 Å². The number of ether oxygens (including phenoxy) is 3. The molecule has 0 aliphatic carbocycles. The molecule has 1 N–H and O–H groups in total. The smallest absolute Gasteiger partial charge is 0.354 e. The van der Waals surface area contributed by atoms with Crippen LogP contribution in [-0.2, 0) is 25.7 Å². The van der Waals surface area contributed by atoms with E-state index in [2.05, 4.69) is 14.8 Å². The van der Waals surface area contributed by atoms with E-state index < -0.39 is 11.9 Å². The van der Waals surface area contributed by atoms with Crippen LogP contribution >= 0.6 is 11.3 Å². The number of hydrogen-bond acceptors (Lipinski definition) is 7. The van der Waals surface area contributed by atoms with Crippen molar-refractivity contribution in [2.24, 2.45) is 0 Å². The van der Waals surface area contributed by atoms with E-state index in [1.54, 1.807) is 35.6 Å². The highest BCUT2D eigenvalue weighted by Crippen LogP contribution is 2.19. The normalized spacial score (nSPS) is 10.8. The zero-order chi connectivity index (χ0) is 17.4. The van der Waals surface area contributed by atoms with Gasteiger partial charge in [0.25, 0.3) is 0 Å². The second kappa shape index (κ2) is 8.73. The minimum absolute atomic E-state index is 0.0170. The van der Waals surface area contributed by atoms with Crippen molar-refractivity contribution >= 4 is 29.0 Å². The van der Waals surface area contributed by atoms with Crippen molar-refractivity contribution in [3.63, 3.8) is 0 Å². The molecule has 0 saturated carbocycles. The number of methoxy groups -OCH3 is 2. The summed E-state index contributed by atoms with van der Waals surface area (Å²) in [7, 11) is 2.46. The molecule has 0 unspecified atom stereocenters. The van der Waals surface area contributed by atoms with Crippen LogP contribution in [-0.4, -0.2) is 26.2 Å². The summed E-state index contributed by atoms with van der Waals surface area (Å²) in [5.74, 6) is -0.622. The third kappa shape index (κ3) is 5.13. The summed E-state index contributed by atoms with van der Waals surface area (Å²) in [4.78, 5) is 24.1. The first-order chi connectivity index (χ1) is 11.6. The average molecular weight is 347 g/mol. The molecule has 2 rings (SSSR count). The summed E-state index contributed by atoms with van der Waals surface area (Å²) >= 11 is 1.63. The Morgan fingerprint density at radius 3 is 2.46 bits per heavy atom. The molecule has 0 saturated heterocycles. The van der Waals surface area contributed by atoms with Crippen LogP contribution < -0.4 is 10.1 Å². The fraction of sp³-hybridized carbons (Fsp3) is 0.176. The molecular weight excluding hydrogens is 330 g/mol. The van der Waals surface area contributed by atoms with Crippen molar-refractivity contribution in [2.75, 3.05) is 19.5 Å². The molecule has 6 nitrogen and oxygen atoms in total. The summed E-state index contributed by atoms with van der Waals surface area (Å²) in [5, 5.41) is 4.82. The number of hydrogen-bond donors (Lipinski definition) is 1. The summed E-state index contributed by atoms with van der Waals surface area (Å²) in [6, 6.07) is 11.0. The molecule has 126 valence electrons. The van der Waals surface area contributed by atoms with Gasteiger partial charge in [0.05, 0.1) is 20.3 Å². The Labute approximate surface area is 143 Å². The van der Waals surface area contributed by atoms with Gasteiger partial charge in [-0.25, -0.2) is 9.59 Å². The fourth-order valence-corrected chi connectivity index (χ4v) is 2.39. The number of esters is 2. The molecule has 24 heavy (non-hydrogen) atoms. The standard InChI is InChI=1S/C17H17NO5S/c1-21-16(19)10-15(17(20)22-2)18-12-5-7-13(8-6-12)23-11-14-4-3-9-24-14/h3-10,18H,11H2,1-2H3/b15-10+. The fourth-order valence-electron chi connectivity index (χ4n) is 1.77. The van der Waals surface area contributed by atoms with E-state index in [4.69, 9.17) is 4.74 Å². The third-order valence-electron chi connectivity index (χ3n) is 2.96. The van der Waals surface area contributed by atoms with E-state index in [0.717, 1.165) is 11.0 Å². The molecule has 0 bridgehead atoms. The van der Waals surface area contributed by atoms with Crippen LogP contribution in [0, 0.1) is 0 Å². The SMILES string of the molecule is COC(=O)/C=C(/Nc1ccc(OCc2cccs2)cc1)C(=O)OC. The summed E-state index contributed by atoms with van der Waals surface area (Å²) in [5.41, 5.74) is 0.593. The van der Waals surface area contributed by atoms with Gasteiger partial charge in [0.2, 0.25) is 0 Å². The lowest BCUT2D eigenvalue weighted by atomic mass is 10.2. The highest BCUT2D eigenvalue weighted by Gasteiger charge is 2.12. The molecule has 1 aromatic heterocycles. The molecule has 0 spiro atoms. The zero-order valence-electron chi connectivity index (χ0n) is 13.3. The molecule has 1 aromatic carbocycles. The lowest BCUT2D eigenvalue weighted by molar-refractivity contribution is -0.138. The molecule has 2 aromatic rings. The molecule has 0 aliphatic heterocycles. The van der Waals surface area contributed by atoms with Crippen molar-refractivity contribution in [2.45, 2.75) is 6.61 Å². The third-order valence-corrected chi connectivity index (χ3v) is 3.81. The first kappa shape index (κ1) is 17.6. The lowest BCUT2D eigenvalue weighted by Crippen LogP contribution is -2.15. The van der Waals surface area contributed by atoms with Gasteiger partial charge in [-0.05, 0) is 35.7 Å². The van der Waals surface area contributed by atoms with Crippen LogP contribution in [0.25, 0.3) is 0 Å². The second-order valence-electron chi connectivity index (χ2n) is 4.59. The Bertz CT molecular complexity index is 707. The Balaban J connectivity index is 2.01. The topological polar surface area (TPSA) is 73.9 Å². The van der Waals surface area contributed by atoms with E-state index >= 15 is 0 Å². The van der Waals surface area contributed by atoms with Gasteiger partial charge in [-0.3, -0.25) is 0 Å². The van der Waals surface area contributed by atoms with Crippen molar-refractivity contribution < 1.29 is 23.8 Å². The zero-order valence-corrected chi connectivity index (χ0v) is 14.1. The number of benzene rings is 1. The Morgan fingerprint density at radius 2 is 1.88 bits per heavy atom. The van der Waals surface area contributed by atoms with Gasteiger partial charge in [-0.15, -0.1) is 11.3 Å². The van der Waals surface area contributed by atoms with Gasteiger partial charge in [0.1, 0.15) is 18.1 Å². The second-order valence-corrected chi connectivity index (χ2v) is 5.62. The van der Waals surface area contributed by atoms with Gasteiger partial charge in [0.15, 0.2) is 0 Å². The monoisotopic (exact) mass is 347 g/mol. The van der Waals surface area contributed by atoms with Crippen LogP contribution in [0.3, 0.4) is 0 Å². The van der Waals surface area contributed by atoms with E-state index in [9.17, 15) is 9.59 Å². The number of rotatable bonds is 7. The van der Waals surface area contributed by atoms with Crippen molar-refractivity contribution in [3.05, 3.63) is 58.4 Å². The maximum Gasteiger partial charge on any atom is 0.354 e. The van der Waals surface area contributed by atoms with Crippen LogP contribution in [0.2, 0.25) is 0 Å². The molecule has 0 fully saturated rings. The molecule has 7 heteroatoms. The lowest BCUT2D eigenvalue weighted by Gasteiger charge is -2.10. The highest BCUT2D eigenvalue weighted by atomic mass is 32.1. The minimum atomic E-state index is -0.668. The van der Waals surface area contributed by atoms with Gasteiger partial charge < -0.3 is 19.5 Å². The molecular formula is C17H17NO5S. The number of carbonyl (C=O) groups is 2. The van der Waals surface area contributed by atoms with Crippen LogP contribution in [0.4, 0.5) is 5.69 Å². The van der Waals surface area contributed by atoms with Crippen LogP contribution in [0.15, 0.2) is 53.6 Å². The summed E-state index contributed by atoms with van der Waals surface area (Å²) < 4.78 is 14.8. The van der Waals surface area contributed by atoms with E-state index in [1.807, 2.05) is 17.5 Å². The van der Waals surface area contributed by atoms with Gasteiger partial charge in [-0.1, -0.05) is 6.07 Å². The minimum Gasteiger partial charge on any atom is -0.488 e. The average Bonchev–Trinajstić information content (AvgIpc) is 3.13. The van der Waals surface area contributed by atoms with Crippen LogP contribution in [0.1, 0.15) is 4.88 Å². The van der Waals surface area contributed by atoms with E-state index in [-0.39, 0.29) is 5.70 Å². The molecule has 0 atom stereocenters. The highest BCUT2D eigenvalue weighted by molar-refractivity contribution is 7.09. The summed E-state index contributed by atoms with van der Waals surface area (Å²) in [6.07, 6.45) is 1.03. The largest absolute Gasteiger partial charge is 0.488 e. The maximum atomic E-state index is 11.7. The number of thiophene rings is 1. The molecule has 1 heterocycles. The van der Waals surface area contributed by atoms with E-state index in [1.165, 1.54) is 14.2 Å². The van der Waals surface area contributed by atoms with Gasteiger partial charge in [-0.2, -0.15) is 0 Å². The Morgan fingerprint density at radius 1 is 1.12 bits per heavy atom. The molecule has 0 aliphatic rings. The van der Waals surface area contributed by atoms with Crippen LogP contribution in [0.5, 0.6) is 5.75 Å². The number of carbonyl (C=O) groups excluding carboxylic acids is 2. The van der Waals surface area contributed by atoms with Crippen molar-refractivity contribution in [3.8, 4) is 5.75 Å². The first-order valence-electron chi connectivity index (χ1n) is 7.02. The van der Waals surface area contributed by atoms with E-state index in [0.29, 0.717) is 18.0 Å². The number of nitrogens with one attached hydrogen (secondary N) is 1. The number of anilines is 1. The molecule has 0 amide bonds. The Kier molecular flexibility index (Phi) is 6.39. The predicted molar refractivity (Wildman–Crippen MR) is 90.8 cm³/mol. The predicted octanol–water partition coefficient (Wildman–Crippen LogP) is 2.97. The van der Waals surface area contributed by atoms with Crippen molar-refractivity contribution in [1.82, 2.24) is 0 Å². The first-order valence-corrected chi connectivity index (χ1v) is 7.90. The molecule has 0 radical (unpaired) electrons. The maximum absolute atomic E-state index is 11.7. The van der Waals surface area contributed by atoms with Gasteiger partial charge in [0, 0.05) is 10.6 Å². The quantitative estimate of drug-likeness (QED) is 0.613. The van der Waals surface area contributed by atoms with Crippen molar-refractivity contribution in [1.29, 1.82) is 0 Å².